The van der Waals surface area contributed by atoms with E-state index in [2.05, 4.69) is 10.6 Å². The molecule has 0 aliphatic rings. The molecule has 1 rings (SSSR count). The van der Waals surface area contributed by atoms with Gasteiger partial charge in [0.15, 0.2) is 0 Å². The van der Waals surface area contributed by atoms with E-state index in [0.29, 0.717) is 19.7 Å². The summed E-state index contributed by atoms with van der Waals surface area (Å²) in [6.45, 7) is 9.54. The molecular weight excluding hydrogens is 240 g/mol. The van der Waals surface area contributed by atoms with Crippen molar-refractivity contribution < 1.29 is 9.53 Å². The first-order valence-electron chi connectivity index (χ1n) is 6.64. The van der Waals surface area contributed by atoms with Gasteiger partial charge in [0.05, 0.1) is 13.2 Å². The summed E-state index contributed by atoms with van der Waals surface area (Å²) in [6.07, 6.45) is 0. The quantitative estimate of drug-likeness (QED) is 0.827. The van der Waals surface area contributed by atoms with Crippen molar-refractivity contribution in [3.63, 3.8) is 0 Å². The zero-order valence-corrected chi connectivity index (χ0v) is 12.2. The van der Waals surface area contributed by atoms with Crippen LogP contribution in [0, 0.1) is 0 Å². The molecule has 1 aromatic rings. The van der Waals surface area contributed by atoms with Crippen molar-refractivity contribution in [3.05, 3.63) is 29.8 Å². The van der Waals surface area contributed by atoms with E-state index in [4.69, 9.17) is 4.74 Å². The number of ether oxygens (including phenoxy) is 1. The van der Waals surface area contributed by atoms with Gasteiger partial charge in [0.25, 0.3) is 0 Å². The van der Waals surface area contributed by atoms with E-state index >= 15 is 0 Å². The molecule has 0 saturated carbocycles. The maximum absolute atomic E-state index is 11.7. The lowest BCUT2D eigenvalue weighted by Crippen LogP contribution is -2.43. The van der Waals surface area contributed by atoms with Gasteiger partial charge in [-0.15, -0.1) is 0 Å². The highest BCUT2D eigenvalue weighted by Crippen LogP contribution is 2.12. The van der Waals surface area contributed by atoms with Gasteiger partial charge in [0, 0.05) is 12.1 Å². The van der Waals surface area contributed by atoms with Crippen molar-refractivity contribution >= 4 is 5.91 Å². The monoisotopic (exact) mass is 264 g/mol. The molecule has 0 saturated heterocycles. The number of hydrogen-bond acceptors (Lipinski definition) is 3. The Morgan fingerprint density at radius 3 is 2.68 bits per heavy atom. The summed E-state index contributed by atoms with van der Waals surface area (Å²) < 4.78 is 5.42. The minimum Gasteiger partial charge on any atom is -0.494 e. The number of benzene rings is 1. The van der Waals surface area contributed by atoms with Gasteiger partial charge >= 0.3 is 0 Å². The van der Waals surface area contributed by atoms with Crippen LogP contribution in [0.25, 0.3) is 0 Å². The first-order valence-corrected chi connectivity index (χ1v) is 6.64. The van der Waals surface area contributed by atoms with E-state index in [9.17, 15) is 4.79 Å². The van der Waals surface area contributed by atoms with Gasteiger partial charge in [0.1, 0.15) is 5.75 Å². The van der Waals surface area contributed by atoms with Crippen LogP contribution in [0.1, 0.15) is 33.3 Å². The topological polar surface area (TPSA) is 50.4 Å². The standard InChI is InChI=1S/C15H24N2O2/c1-5-19-13-8-6-7-12(9-13)10-16-14(18)11-17-15(2,3)4/h6-9,17H,5,10-11H2,1-4H3,(H,16,18). The van der Waals surface area contributed by atoms with Crippen LogP contribution < -0.4 is 15.4 Å². The summed E-state index contributed by atoms with van der Waals surface area (Å²) in [4.78, 5) is 11.7. The van der Waals surface area contributed by atoms with Gasteiger partial charge in [-0.2, -0.15) is 0 Å². The Morgan fingerprint density at radius 2 is 2.05 bits per heavy atom. The lowest BCUT2D eigenvalue weighted by molar-refractivity contribution is -0.120. The number of nitrogens with one attached hydrogen (secondary N) is 2. The molecule has 19 heavy (non-hydrogen) atoms. The van der Waals surface area contributed by atoms with Gasteiger partial charge in [-0.05, 0) is 45.4 Å². The Kier molecular flexibility index (Phi) is 5.83. The number of rotatable bonds is 6. The van der Waals surface area contributed by atoms with Crippen LogP contribution >= 0.6 is 0 Å². The van der Waals surface area contributed by atoms with Crippen molar-refractivity contribution in [2.45, 2.75) is 39.8 Å². The van der Waals surface area contributed by atoms with E-state index in [-0.39, 0.29) is 11.4 Å². The molecule has 0 radical (unpaired) electrons. The van der Waals surface area contributed by atoms with Crippen LogP contribution in [0.15, 0.2) is 24.3 Å². The molecule has 0 atom stereocenters. The maximum atomic E-state index is 11.7. The molecule has 106 valence electrons. The molecule has 4 heteroatoms. The van der Waals surface area contributed by atoms with Crippen molar-refractivity contribution in [3.8, 4) is 5.75 Å². The summed E-state index contributed by atoms with van der Waals surface area (Å²) in [5.74, 6) is 0.832. The fourth-order valence-electron chi connectivity index (χ4n) is 1.52. The number of carbonyl (C=O) groups is 1. The Bertz CT molecular complexity index is 411. The third-order valence-corrected chi connectivity index (χ3v) is 2.48. The van der Waals surface area contributed by atoms with Crippen molar-refractivity contribution in [2.24, 2.45) is 0 Å². The third-order valence-electron chi connectivity index (χ3n) is 2.48. The molecule has 0 spiro atoms. The average Bonchev–Trinajstić information content (AvgIpc) is 2.34. The van der Waals surface area contributed by atoms with Crippen LogP contribution in [0.4, 0.5) is 0 Å². The fraction of sp³-hybridized carbons (Fsp3) is 0.533. The first kappa shape index (κ1) is 15.5. The molecule has 0 heterocycles. The summed E-state index contributed by atoms with van der Waals surface area (Å²) in [5, 5.41) is 6.04. The SMILES string of the molecule is CCOc1cccc(CNC(=O)CNC(C)(C)C)c1. The Balaban J connectivity index is 2.39. The molecule has 4 nitrogen and oxygen atoms in total. The van der Waals surface area contributed by atoms with Gasteiger partial charge in [-0.25, -0.2) is 0 Å². The lowest BCUT2D eigenvalue weighted by Gasteiger charge is -2.20. The molecule has 0 unspecified atom stereocenters. The second-order valence-electron chi connectivity index (χ2n) is 5.46. The summed E-state index contributed by atoms with van der Waals surface area (Å²) in [7, 11) is 0. The molecule has 0 fully saturated rings. The molecule has 0 bridgehead atoms. The van der Waals surface area contributed by atoms with Gasteiger partial charge < -0.3 is 15.4 Å². The maximum Gasteiger partial charge on any atom is 0.234 e. The summed E-state index contributed by atoms with van der Waals surface area (Å²) in [5.41, 5.74) is 0.988. The van der Waals surface area contributed by atoms with Crippen molar-refractivity contribution in [2.75, 3.05) is 13.2 Å². The van der Waals surface area contributed by atoms with E-state index in [1.54, 1.807) is 0 Å². The second kappa shape index (κ2) is 7.14. The fourth-order valence-corrected chi connectivity index (χ4v) is 1.52. The average molecular weight is 264 g/mol. The van der Waals surface area contributed by atoms with Crippen molar-refractivity contribution in [1.29, 1.82) is 0 Å². The number of amides is 1. The van der Waals surface area contributed by atoms with Crippen LogP contribution in [0.2, 0.25) is 0 Å². The van der Waals surface area contributed by atoms with E-state index in [1.165, 1.54) is 0 Å². The Labute approximate surface area is 115 Å². The van der Waals surface area contributed by atoms with Crippen LogP contribution in [0.3, 0.4) is 0 Å². The predicted molar refractivity (Wildman–Crippen MR) is 77.2 cm³/mol. The zero-order valence-electron chi connectivity index (χ0n) is 12.2. The van der Waals surface area contributed by atoms with Crippen molar-refractivity contribution in [1.82, 2.24) is 10.6 Å². The highest BCUT2D eigenvalue weighted by Gasteiger charge is 2.10. The molecular formula is C15H24N2O2. The first-order chi connectivity index (χ1) is 8.90. The Morgan fingerprint density at radius 1 is 1.32 bits per heavy atom. The van der Waals surface area contributed by atoms with Crippen LogP contribution in [-0.2, 0) is 11.3 Å². The van der Waals surface area contributed by atoms with E-state index in [0.717, 1.165) is 11.3 Å². The number of carbonyl (C=O) groups excluding carboxylic acids is 1. The third kappa shape index (κ3) is 6.82. The Hall–Kier alpha value is -1.55. The highest BCUT2D eigenvalue weighted by atomic mass is 16.5. The number of hydrogen-bond donors (Lipinski definition) is 2. The van der Waals surface area contributed by atoms with Crippen LogP contribution in [0.5, 0.6) is 5.75 Å². The molecule has 0 aliphatic carbocycles. The van der Waals surface area contributed by atoms with Gasteiger partial charge in [-0.1, -0.05) is 12.1 Å². The minimum absolute atomic E-state index is 0.00302. The van der Waals surface area contributed by atoms with Crippen LogP contribution in [-0.4, -0.2) is 24.6 Å². The largest absolute Gasteiger partial charge is 0.494 e. The highest BCUT2D eigenvalue weighted by molar-refractivity contribution is 5.78. The molecule has 1 aromatic carbocycles. The second-order valence-corrected chi connectivity index (χ2v) is 5.46. The lowest BCUT2D eigenvalue weighted by atomic mass is 10.1. The van der Waals surface area contributed by atoms with E-state index < -0.39 is 0 Å². The van der Waals surface area contributed by atoms with E-state index in [1.807, 2.05) is 52.0 Å². The summed E-state index contributed by atoms with van der Waals surface area (Å²) in [6, 6.07) is 7.76. The van der Waals surface area contributed by atoms with Gasteiger partial charge in [-0.3, -0.25) is 4.79 Å². The molecule has 2 N–H and O–H groups in total. The smallest absolute Gasteiger partial charge is 0.234 e. The normalized spacial score (nSPS) is 11.2. The zero-order chi connectivity index (χ0) is 14.3. The summed E-state index contributed by atoms with van der Waals surface area (Å²) >= 11 is 0. The molecule has 0 aliphatic heterocycles. The minimum atomic E-state index is -0.0494. The molecule has 0 aromatic heterocycles. The predicted octanol–water partition coefficient (Wildman–Crippen LogP) is 2.09. The van der Waals surface area contributed by atoms with Gasteiger partial charge in [0.2, 0.25) is 5.91 Å². The molecule has 1 amide bonds.